The van der Waals surface area contributed by atoms with Crippen molar-refractivity contribution in [2.24, 2.45) is 0 Å². The van der Waals surface area contributed by atoms with Gasteiger partial charge < -0.3 is 5.32 Å². The van der Waals surface area contributed by atoms with Crippen LogP contribution < -0.4 is 5.32 Å². The van der Waals surface area contributed by atoms with E-state index in [2.05, 4.69) is 32.7 Å². The van der Waals surface area contributed by atoms with E-state index in [0.717, 1.165) is 12.1 Å². The maximum absolute atomic E-state index is 3.86. The molecule has 0 saturated heterocycles. The summed E-state index contributed by atoms with van der Waals surface area (Å²) in [6.07, 6.45) is 3.61. The van der Waals surface area contributed by atoms with Gasteiger partial charge in [-0.3, -0.25) is 0 Å². The van der Waals surface area contributed by atoms with Crippen molar-refractivity contribution < 1.29 is 0 Å². The van der Waals surface area contributed by atoms with Crippen molar-refractivity contribution in [3.63, 3.8) is 0 Å². The SMILES string of the molecule is C=C(C)NC(C)(CC)CCC. The molecule has 1 heteroatoms. The minimum Gasteiger partial charge on any atom is -0.384 e. The summed E-state index contributed by atoms with van der Waals surface area (Å²) in [5.41, 5.74) is 1.34. The molecule has 0 saturated carbocycles. The molecule has 0 spiro atoms. The average molecular weight is 155 g/mol. The largest absolute Gasteiger partial charge is 0.384 e. The summed E-state index contributed by atoms with van der Waals surface area (Å²) in [4.78, 5) is 0. The summed E-state index contributed by atoms with van der Waals surface area (Å²) >= 11 is 0. The van der Waals surface area contributed by atoms with Crippen molar-refractivity contribution >= 4 is 0 Å². The van der Waals surface area contributed by atoms with Gasteiger partial charge in [-0.1, -0.05) is 26.8 Å². The molecule has 1 nitrogen and oxygen atoms in total. The fourth-order valence-electron chi connectivity index (χ4n) is 1.39. The van der Waals surface area contributed by atoms with Crippen LogP contribution in [0.5, 0.6) is 0 Å². The Morgan fingerprint density at radius 1 is 1.45 bits per heavy atom. The molecule has 1 unspecified atom stereocenters. The van der Waals surface area contributed by atoms with Crippen LogP contribution in [0.4, 0.5) is 0 Å². The van der Waals surface area contributed by atoms with Crippen LogP contribution >= 0.6 is 0 Å². The summed E-state index contributed by atoms with van der Waals surface area (Å²) in [5, 5.41) is 3.41. The van der Waals surface area contributed by atoms with Crippen molar-refractivity contribution in [2.75, 3.05) is 0 Å². The van der Waals surface area contributed by atoms with Gasteiger partial charge in [0.05, 0.1) is 0 Å². The molecule has 0 amide bonds. The highest BCUT2D eigenvalue weighted by atomic mass is 15.0. The van der Waals surface area contributed by atoms with Crippen LogP contribution in [0.25, 0.3) is 0 Å². The van der Waals surface area contributed by atoms with Crippen molar-refractivity contribution in [3.05, 3.63) is 12.3 Å². The summed E-state index contributed by atoms with van der Waals surface area (Å²) in [7, 11) is 0. The molecular formula is C10H21N. The van der Waals surface area contributed by atoms with Gasteiger partial charge in [0.1, 0.15) is 0 Å². The summed E-state index contributed by atoms with van der Waals surface area (Å²) in [6.45, 7) is 12.6. The molecule has 1 N–H and O–H groups in total. The maximum Gasteiger partial charge on any atom is 0.0339 e. The molecule has 11 heavy (non-hydrogen) atoms. The quantitative estimate of drug-likeness (QED) is 0.643. The zero-order valence-electron chi connectivity index (χ0n) is 8.33. The van der Waals surface area contributed by atoms with Crippen molar-refractivity contribution in [2.45, 2.75) is 52.5 Å². The van der Waals surface area contributed by atoms with E-state index in [4.69, 9.17) is 0 Å². The van der Waals surface area contributed by atoms with Gasteiger partial charge in [0.15, 0.2) is 0 Å². The maximum atomic E-state index is 3.86. The third kappa shape index (κ3) is 4.07. The predicted octanol–water partition coefficient (Wildman–Crippen LogP) is 3.08. The zero-order chi connectivity index (χ0) is 8.91. The lowest BCUT2D eigenvalue weighted by molar-refractivity contribution is 0.346. The molecule has 0 bridgehead atoms. The van der Waals surface area contributed by atoms with Gasteiger partial charge in [0, 0.05) is 11.2 Å². The lowest BCUT2D eigenvalue weighted by Crippen LogP contribution is -2.39. The third-order valence-corrected chi connectivity index (χ3v) is 2.10. The van der Waals surface area contributed by atoms with Crippen LogP contribution in [0.2, 0.25) is 0 Å². The first-order chi connectivity index (χ1) is 5.04. The van der Waals surface area contributed by atoms with Gasteiger partial charge in [0.25, 0.3) is 0 Å². The zero-order valence-corrected chi connectivity index (χ0v) is 8.33. The van der Waals surface area contributed by atoms with Gasteiger partial charge in [0.2, 0.25) is 0 Å². The van der Waals surface area contributed by atoms with E-state index >= 15 is 0 Å². The molecule has 0 radical (unpaired) electrons. The van der Waals surface area contributed by atoms with E-state index in [1.807, 2.05) is 6.92 Å². The molecule has 0 fully saturated rings. The second-order valence-corrected chi connectivity index (χ2v) is 3.57. The van der Waals surface area contributed by atoms with Crippen LogP contribution in [-0.4, -0.2) is 5.54 Å². The van der Waals surface area contributed by atoms with Crippen LogP contribution in [0.3, 0.4) is 0 Å². The molecule has 0 aliphatic rings. The topological polar surface area (TPSA) is 12.0 Å². The van der Waals surface area contributed by atoms with E-state index in [1.54, 1.807) is 0 Å². The molecule has 0 aromatic rings. The van der Waals surface area contributed by atoms with Crippen LogP contribution in [0.1, 0.15) is 47.0 Å². The second kappa shape index (κ2) is 4.42. The molecule has 1 atom stereocenters. The van der Waals surface area contributed by atoms with Gasteiger partial charge in [-0.25, -0.2) is 0 Å². The Balaban J connectivity index is 3.98. The van der Waals surface area contributed by atoms with Gasteiger partial charge in [-0.2, -0.15) is 0 Å². The Kier molecular flexibility index (Phi) is 4.24. The first-order valence-corrected chi connectivity index (χ1v) is 4.47. The molecule has 0 aliphatic carbocycles. The number of allylic oxidation sites excluding steroid dienone is 1. The van der Waals surface area contributed by atoms with Crippen LogP contribution in [-0.2, 0) is 0 Å². The lowest BCUT2D eigenvalue weighted by atomic mass is 9.93. The molecular weight excluding hydrogens is 134 g/mol. The number of rotatable bonds is 5. The number of hydrogen-bond donors (Lipinski definition) is 1. The van der Waals surface area contributed by atoms with E-state index in [-0.39, 0.29) is 5.54 Å². The minimum absolute atomic E-state index is 0.264. The number of hydrogen-bond acceptors (Lipinski definition) is 1. The smallest absolute Gasteiger partial charge is 0.0339 e. The normalized spacial score (nSPS) is 15.6. The summed E-state index contributed by atoms with van der Waals surface area (Å²) in [5.74, 6) is 0. The molecule has 0 rings (SSSR count). The highest BCUT2D eigenvalue weighted by Gasteiger charge is 2.19. The Labute approximate surface area is 70.9 Å². The minimum atomic E-state index is 0.264. The third-order valence-electron chi connectivity index (χ3n) is 2.10. The first-order valence-electron chi connectivity index (χ1n) is 4.47. The van der Waals surface area contributed by atoms with Crippen molar-refractivity contribution in [1.82, 2.24) is 5.32 Å². The van der Waals surface area contributed by atoms with Gasteiger partial charge >= 0.3 is 0 Å². The Bertz CT molecular complexity index is 129. The van der Waals surface area contributed by atoms with E-state index in [0.29, 0.717) is 0 Å². The fraction of sp³-hybridized carbons (Fsp3) is 0.800. The van der Waals surface area contributed by atoms with Gasteiger partial charge in [-0.15, -0.1) is 0 Å². The van der Waals surface area contributed by atoms with Crippen LogP contribution in [0, 0.1) is 0 Å². The van der Waals surface area contributed by atoms with Crippen molar-refractivity contribution in [1.29, 1.82) is 0 Å². The molecule has 0 aromatic carbocycles. The Hall–Kier alpha value is -0.460. The molecule has 66 valence electrons. The Morgan fingerprint density at radius 3 is 2.27 bits per heavy atom. The lowest BCUT2D eigenvalue weighted by Gasteiger charge is -2.30. The average Bonchev–Trinajstić information content (AvgIpc) is 1.87. The Morgan fingerprint density at radius 2 is 2.00 bits per heavy atom. The first kappa shape index (κ1) is 10.5. The monoisotopic (exact) mass is 155 g/mol. The van der Waals surface area contributed by atoms with Crippen molar-refractivity contribution in [3.8, 4) is 0 Å². The molecule has 0 heterocycles. The van der Waals surface area contributed by atoms with E-state index in [9.17, 15) is 0 Å². The molecule has 0 aromatic heterocycles. The highest BCUT2D eigenvalue weighted by Crippen LogP contribution is 2.17. The highest BCUT2D eigenvalue weighted by molar-refractivity contribution is 4.94. The fourth-order valence-corrected chi connectivity index (χ4v) is 1.39. The standard InChI is InChI=1S/C10H21N/c1-6-8-10(5,7-2)11-9(3)4/h11H,3,6-8H2,1-2,4-5H3. The predicted molar refractivity (Wildman–Crippen MR) is 51.6 cm³/mol. The van der Waals surface area contributed by atoms with Crippen LogP contribution in [0.15, 0.2) is 12.3 Å². The van der Waals surface area contributed by atoms with E-state index < -0.39 is 0 Å². The summed E-state index contributed by atoms with van der Waals surface area (Å²) < 4.78 is 0. The number of nitrogens with one attached hydrogen (secondary N) is 1. The van der Waals surface area contributed by atoms with E-state index in [1.165, 1.54) is 12.8 Å². The summed E-state index contributed by atoms with van der Waals surface area (Å²) in [6, 6.07) is 0. The molecule has 0 aliphatic heterocycles. The second-order valence-electron chi connectivity index (χ2n) is 3.57. The van der Waals surface area contributed by atoms with Gasteiger partial charge in [-0.05, 0) is 26.7 Å².